The SMILES string of the molecule is Cc1ccc(OCc2nc(C3CNCCN3C)no2)cc1. The molecule has 6 nitrogen and oxygen atoms in total. The molecule has 0 aliphatic carbocycles. The lowest BCUT2D eigenvalue weighted by Gasteiger charge is -2.30. The average Bonchev–Trinajstić information content (AvgIpc) is 2.96. The topological polar surface area (TPSA) is 63.4 Å². The summed E-state index contributed by atoms with van der Waals surface area (Å²) in [6.45, 7) is 5.15. The van der Waals surface area contributed by atoms with Gasteiger partial charge in [-0.15, -0.1) is 0 Å². The van der Waals surface area contributed by atoms with E-state index in [9.17, 15) is 0 Å². The van der Waals surface area contributed by atoms with Crippen molar-refractivity contribution in [2.45, 2.75) is 19.6 Å². The fourth-order valence-electron chi connectivity index (χ4n) is 2.34. The van der Waals surface area contributed by atoms with Crippen LogP contribution in [0.25, 0.3) is 0 Å². The van der Waals surface area contributed by atoms with Crippen LogP contribution in [0.3, 0.4) is 0 Å². The lowest BCUT2D eigenvalue weighted by atomic mass is 10.2. The van der Waals surface area contributed by atoms with E-state index in [0.29, 0.717) is 18.3 Å². The maximum atomic E-state index is 5.65. The molecule has 1 N–H and O–H groups in total. The number of likely N-dealkylation sites (N-methyl/N-ethyl adjacent to an activating group) is 1. The zero-order chi connectivity index (χ0) is 14.7. The molecule has 2 heterocycles. The van der Waals surface area contributed by atoms with Gasteiger partial charge in [-0.25, -0.2) is 0 Å². The zero-order valence-corrected chi connectivity index (χ0v) is 12.4. The Kier molecular flexibility index (Phi) is 4.17. The van der Waals surface area contributed by atoms with Crippen LogP contribution in [0.4, 0.5) is 0 Å². The summed E-state index contributed by atoms with van der Waals surface area (Å²) < 4.78 is 10.9. The Morgan fingerprint density at radius 1 is 1.38 bits per heavy atom. The van der Waals surface area contributed by atoms with E-state index in [1.165, 1.54) is 5.56 Å². The lowest BCUT2D eigenvalue weighted by molar-refractivity contribution is 0.189. The van der Waals surface area contributed by atoms with Crippen molar-refractivity contribution in [2.24, 2.45) is 0 Å². The number of rotatable bonds is 4. The quantitative estimate of drug-likeness (QED) is 0.920. The van der Waals surface area contributed by atoms with Crippen LogP contribution in [0.5, 0.6) is 5.75 Å². The molecule has 1 saturated heterocycles. The van der Waals surface area contributed by atoms with Gasteiger partial charge in [-0.05, 0) is 26.1 Å². The van der Waals surface area contributed by atoms with Gasteiger partial charge in [0.1, 0.15) is 5.75 Å². The minimum absolute atomic E-state index is 0.163. The molecule has 0 bridgehead atoms. The summed E-state index contributed by atoms with van der Waals surface area (Å²) in [5.74, 6) is 2.02. The summed E-state index contributed by atoms with van der Waals surface area (Å²) in [6, 6.07) is 8.06. The van der Waals surface area contributed by atoms with Crippen LogP contribution < -0.4 is 10.1 Å². The highest BCUT2D eigenvalue weighted by Gasteiger charge is 2.25. The Morgan fingerprint density at radius 2 is 2.19 bits per heavy atom. The number of aryl methyl sites for hydroxylation is 1. The van der Waals surface area contributed by atoms with Gasteiger partial charge in [0.25, 0.3) is 5.89 Å². The number of piperazine rings is 1. The van der Waals surface area contributed by atoms with Crippen LogP contribution in [0, 0.1) is 6.92 Å². The number of ether oxygens (including phenoxy) is 1. The fourth-order valence-corrected chi connectivity index (χ4v) is 2.34. The molecule has 1 aromatic heterocycles. The fraction of sp³-hybridized carbons (Fsp3) is 0.467. The molecule has 1 atom stereocenters. The predicted octanol–water partition coefficient (Wildman–Crippen LogP) is 1.53. The molecule has 0 radical (unpaired) electrons. The van der Waals surface area contributed by atoms with Crippen LogP contribution in [0.1, 0.15) is 23.3 Å². The van der Waals surface area contributed by atoms with Crippen molar-refractivity contribution in [3.8, 4) is 5.75 Å². The summed E-state index contributed by atoms with van der Waals surface area (Å²) in [6.07, 6.45) is 0. The Labute approximate surface area is 124 Å². The summed E-state index contributed by atoms with van der Waals surface area (Å²) in [5, 5.41) is 7.41. The van der Waals surface area contributed by atoms with Gasteiger partial charge in [-0.1, -0.05) is 22.9 Å². The highest BCUT2D eigenvalue weighted by Crippen LogP contribution is 2.18. The first kappa shape index (κ1) is 14.0. The first-order chi connectivity index (χ1) is 10.2. The van der Waals surface area contributed by atoms with Gasteiger partial charge in [0.05, 0.1) is 6.04 Å². The normalized spacial score (nSPS) is 19.6. The number of benzene rings is 1. The summed E-state index contributed by atoms with van der Waals surface area (Å²) in [5.41, 5.74) is 1.20. The van der Waals surface area contributed by atoms with Gasteiger partial charge < -0.3 is 14.6 Å². The second-order valence-corrected chi connectivity index (χ2v) is 5.35. The third kappa shape index (κ3) is 3.40. The second kappa shape index (κ2) is 6.24. The highest BCUT2D eigenvalue weighted by molar-refractivity contribution is 5.26. The van der Waals surface area contributed by atoms with Crippen LogP contribution in [-0.4, -0.2) is 41.7 Å². The van der Waals surface area contributed by atoms with Crippen LogP contribution in [-0.2, 0) is 6.61 Å². The predicted molar refractivity (Wildman–Crippen MR) is 78.0 cm³/mol. The molecule has 1 fully saturated rings. The van der Waals surface area contributed by atoms with E-state index in [-0.39, 0.29) is 6.04 Å². The maximum Gasteiger partial charge on any atom is 0.264 e. The van der Waals surface area contributed by atoms with E-state index in [0.717, 1.165) is 25.4 Å². The molecular weight excluding hydrogens is 268 g/mol. The molecule has 2 aromatic rings. The van der Waals surface area contributed by atoms with Gasteiger partial charge in [-0.3, -0.25) is 4.90 Å². The summed E-state index contributed by atoms with van der Waals surface area (Å²) in [4.78, 5) is 6.66. The summed E-state index contributed by atoms with van der Waals surface area (Å²) >= 11 is 0. The van der Waals surface area contributed by atoms with E-state index in [4.69, 9.17) is 9.26 Å². The van der Waals surface area contributed by atoms with E-state index < -0.39 is 0 Å². The largest absolute Gasteiger partial charge is 0.484 e. The highest BCUT2D eigenvalue weighted by atomic mass is 16.5. The first-order valence-corrected chi connectivity index (χ1v) is 7.15. The van der Waals surface area contributed by atoms with Crippen LogP contribution in [0.15, 0.2) is 28.8 Å². The summed E-state index contributed by atoms with van der Waals surface area (Å²) in [7, 11) is 2.07. The van der Waals surface area contributed by atoms with Crippen molar-refractivity contribution < 1.29 is 9.26 Å². The minimum atomic E-state index is 0.163. The standard InChI is InChI=1S/C15H20N4O2/c1-11-3-5-12(6-4-11)20-10-14-17-15(18-21-14)13-9-16-7-8-19(13)2/h3-6,13,16H,7-10H2,1-2H3. The first-order valence-electron chi connectivity index (χ1n) is 7.15. The number of aromatic nitrogens is 2. The van der Waals surface area contributed by atoms with Gasteiger partial charge in [0.15, 0.2) is 12.4 Å². The number of hydrogen-bond acceptors (Lipinski definition) is 6. The molecular formula is C15H20N4O2. The molecule has 0 amide bonds. The Hall–Kier alpha value is -1.92. The van der Waals surface area contributed by atoms with Gasteiger partial charge in [0.2, 0.25) is 0 Å². The van der Waals surface area contributed by atoms with E-state index in [2.05, 4.69) is 27.4 Å². The molecule has 3 rings (SSSR count). The molecule has 1 aliphatic rings. The van der Waals surface area contributed by atoms with Crippen molar-refractivity contribution in [2.75, 3.05) is 26.7 Å². The third-order valence-corrected chi connectivity index (χ3v) is 3.68. The van der Waals surface area contributed by atoms with E-state index in [1.807, 2.05) is 31.2 Å². The number of hydrogen-bond donors (Lipinski definition) is 1. The molecule has 0 spiro atoms. The average molecular weight is 288 g/mol. The van der Waals surface area contributed by atoms with Gasteiger partial charge >= 0.3 is 0 Å². The van der Waals surface area contributed by atoms with Crippen molar-refractivity contribution in [1.82, 2.24) is 20.4 Å². The second-order valence-electron chi connectivity index (χ2n) is 5.35. The zero-order valence-electron chi connectivity index (χ0n) is 12.4. The molecule has 112 valence electrons. The van der Waals surface area contributed by atoms with Gasteiger partial charge in [0, 0.05) is 19.6 Å². The van der Waals surface area contributed by atoms with Crippen LogP contribution >= 0.6 is 0 Å². The lowest BCUT2D eigenvalue weighted by Crippen LogP contribution is -2.44. The van der Waals surface area contributed by atoms with Crippen molar-refractivity contribution in [1.29, 1.82) is 0 Å². The molecule has 1 aliphatic heterocycles. The molecule has 6 heteroatoms. The van der Waals surface area contributed by atoms with Crippen molar-refractivity contribution in [3.63, 3.8) is 0 Å². The van der Waals surface area contributed by atoms with E-state index in [1.54, 1.807) is 0 Å². The molecule has 21 heavy (non-hydrogen) atoms. The van der Waals surface area contributed by atoms with E-state index >= 15 is 0 Å². The molecule has 1 aromatic carbocycles. The van der Waals surface area contributed by atoms with Crippen molar-refractivity contribution in [3.05, 3.63) is 41.5 Å². The Bertz CT molecular complexity index is 582. The Balaban J connectivity index is 1.61. The number of nitrogens with zero attached hydrogens (tertiary/aromatic N) is 3. The third-order valence-electron chi connectivity index (χ3n) is 3.68. The number of nitrogens with one attached hydrogen (secondary N) is 1. The van der Waals surface area contributed by atoms with Crippen LogP contribution in [0.2, 0.25) is 0 Å². The monoisotopic (exact) mass is 288 g/mol. The smallest absolute Gasteiger partial charge is 0.264 e. The molecule has 0 saturated carbocycles. The van der Waals surface area contributed by atoms with Gasteiger partial charge in [-0.2, -0.15) is 4.98 Å². The minimum Gasteiger partial charge on any atom is -0.484 e. The molecule has 1 unspecified atom stereocenters. The maximum absolute atomic E-state index is 5.65. The van der Waals surface area contributed by atoms with Crippen molar-refractivity contribution >= 4 is 0 Å². The Morgan fingerprint density at radius 3 is 2.95 bits per heavy atom.